The van der Waals surface area contributed by atoms with Gasteiger partial charge in [-0.1, -0.05) is 6.42 Å². The number of hydrogen-bond acceptors (Lipinski definition) is 3. The van der Waals surface area contributed by atoms with Gasteiger partial charge in [-0.25, -0.2) is 0 Å². The van der Waals surface area contributed by atoms with Crippen LogP contribution in [-0.2, 0) is 0 Å². The third-order valence-electron chi connectivity index (χ3n) is 5.75. The molecule has 2 atom stereocenters. The average molecular weight is 265 g/mol. The van der Waals surface area contributed by atoms with E-state index in [9.17, 15) is 0 Å². The Bertz CT molecular complexity index is 267. The summed E-state index contributed by atoms with van der Waals surface area (Å²) in [6.45, 7) is 7.66. The highest BCUT2D eigenvalue weighted by Gasteiger charge is 2.33. The van der Waals surface area contributed by atoms with Gasteiger partial charge in [0.25, 0.3) is 0 Å². The Labute approximate surface area is 118 Å². The molecule has 1 aliphatic carbocycles. The van der Waals surface area contributed by atoms with Gasteiger partial charge in [0.1, 0.15) is 0 Å². The molecule has 2 N–H and O–H groups in total. The Morgan fingerprint density at radius 2 is 1.58 bits per heavy atom. The van der Waals surface area contributed by atoms with Gasteiger partial charge in [-0.05, 0) is 83.1 Å². The second-order valence-electron chi connectivity index (χ2n) is 6.98. The maximum Gasteiger partial charge on any atom is 0.0136 e. The number of nitrogens with zero attached hydrogens (tertiary/aromatic N) is 2. The normalized spacial score (nSPS) is 35.2. The third kappa shape index (κ3) is 3.32. The van der Waals surface area contributed by atoms with Crippen LogP contribution in [0.15, 0.2) is 0 Å². The predicted molar refractivity (Wildman–Crippen MR) is 80.2 cm³/mol. The number of nitrogens with two attached hydrogens (primary N) is 1. The van der Waals surface area contributed by atoms with Crippen molar-refractivity contribution < 1.29 is 0 Å². The molecular formula is C16H31N3. The van der Waals surface area contributed by atoms with Crippen LogP contribution in [0.25, 0.3) is 0 Å². The van der Waals surface area contributed by atoms with Gasteiger partial charge in [0, 0.05) is 12.6 Å². The van der Waals surface area contributed by atoms with Crippen LogP contribution in [0.1, 0.15) is 44.9 Å². The highest BCUT2D eigenvalue weighted by molar-refractivity contribution is 4.88. The summed E-state index contributed by atoms with van der Waals surface area (Å²) in [4.78, 5) is 5.46. The summed E-state index contributed by atoms with van der Waals surface area (Å²) in [5, 5.41) is 0. The van der Waals surface area contributed by atoms with Crippen LogP contribution in [0.5, 0.6) is 0 Å². The van der Waals surface area contributed by atoms with Gasteiger partial charge in [-0.2, -0.15) is 0 Å². The third-order valence-corrected chi connectivity index (χ3v) is 5.75. The van der Waals surface area contributed by atoms with Crippen molar-refractivity contribution in [3.8, 4) is 0 Å². The van der Waals surface area contributed by atoms with E-state index in [0.29, 0.717) is 0 Å². The van der Waals surface area contributed by atoms with E-state index in [1.807, 2.05) is 0 Å². The number of hydrogen-bond donors (Lipinski definition) is 1. The van der Waals surface area contributed by atoms with Gasteiger partial charge in [0.15, 0.2) is 0 Å². The monoisotopic (exact) mass is 265 g/mol. The summed E-state index contributed by atoms with van der Waals surface area (Å²) in [7, 11) is 0. The lowest BCUT2D eigenvalue weighted by Gasteiger charge is -2.39. The van der Waals surface area contributed by atoms with Crippen molar-refractivity contribution in [2.75, 3.05) is 39.3 Å². The standard InChI is InChI=1S/C16H31N3/c17-12-15-4-3-5-16(15)19-10-6-14(7-11-19)13-18-8-1-2-9-18/h14-16H,1-13,17H2. The summed E-state index contributed by atoms with van der Waals surface area (Å²) in [6.07, 6.45) is 9.88. The summed E-state index contributed by atoms with van der Waals surface area (Å²) < 4.78 is 0. The molecule has 0 radical (unpaired) electrons. The Balaban J connectivity index is 1.43. The SMILES string of the molecule is NCC1CCCC1N1CCC(CN2CCCC2)CC1. The number of likely N-dealkylation sites (tertiary alicyclic amines) is 2. The number of rotatable bonds is 4. The molecule has 3 fully saturated rings. The molecule has 2 heterocycles. The molecule has 2 unspecified atom stereocenters. The smallest absolute Gasteiger partial charge is 0.0136 e. The summed E-state index contributed by atoms with van der Waals surface area (Å²) in [5.74, 6) is 1.75. The lowest BCUT2D eigenvalue weighted by molar-refractivity contribution is 0.0972. The molecule has 0 aromatic rings. The fraction of sp³-hybridized carbons (Fsp3) is 1.00. The fourth-order valence-corrected chi connectivity index (χ4v) is 4.57. The van der Waals surface area contributed by atoms with E-state index in [0.717, 1.165) is 24.4 Å². The largest absolute Gasteiger partial charge is 0.330 e. The first-order chi connectivity index (χ1) is 9.36. The zero-order valence-electron chi connectivity index (χ0n) is 12.4. The van der Waals surface area contributed by atoms with Crippen molar-refractivity contribution in [2.24, 2.45) is 17.6 Å². The molecule has 3 nitrogen and oxygen atoms in total. The Morgan fingerprint density at radius 1 is 0.842 bits per heavy atom. The first-order valence-corrected chi connectivity index (χ1v) is 8.53. The van der Waals surface area contributed by atoms with Crippen molar-refractivity contribution in [3.05, 3.63) is 0 Å². The van der Waals surface area contributed by atoms with Crippen LogP contribution in [0, 0.1) is 11.8 Å². The molecule has 2 saturated heterocycles. The lowest BCUT2D eigenvalue weighted by Crippen LogP contribution is -2.46. The second-order valence-corrected chi connectivity index (χ2v) is 6.98. The van der Waals surface area contributed by atoms with Crippen molar-refractivity contribution in [2.45, 2.75) is 51.0 Å². The second kappa shape index (κ2) is 6.55. The van der Waals surface area contributed by atoms with Crippen molar-refractivity contribution in [1.29, 1.82) is 0 Å². The van der Waals surface area contributed by atoms with E-state index < -0.39 is 0 Å². The molecule has 0 spiro atoms. The molecule has 110 valence electrons. The van der Waals surface area contributed by atoms with E-state index in [1.54, 1.807) is 0 Å². The molecule has 3 heteroatoms. The Hall–Kier alpha value is -0.120. The maximum absolute atomic E-state index is 5.93. The molecule has 0 aromatic carbocycles. The van der Waals surface area contributed by atoms with Gasteiger partial charge < -0.3 is 15.5 Å². The van der Waals surface area contributed by atoms with E-state index in [1.165, 1.54) is 77.7 Å². The van der Waals surface area contributed by atoms with Crippen LogP contribution in [0.2, 0.25) is 0 Å². The van der Waals surface area contributed by atoms with Gasteiger partial charge in [0.2, 0.25) is 0 Å². The van der Waals surface area contributed by atoms with E-state index in [4.69, 9.17) is 5.73 Å². The van der Waals surface area contributed by atoms with E-state index >= 15 is 0 Å². The number of piperidine rings is 1. The summed E-state index contributed by atoms with van der Waals surface area (Å²) >= 11 is 0. The average Bonchev–Trinajstić information content (AvgIpc) is 3.10. The van der Waals surface area contributed by atoms with Crippen LogP contribution >= 0.6 is 0 Å². The Morgan fingerprint density at radius 3 is 2.26 bits per heavy atom. The van der Waals surface area contributed by atoms with Gasteiger partial charge in [-0.3, -0.25) is 0 Å². The molecule has 3 rings (SSSR count). The van der Waals surface area contributed by atoms with Gasteiger partial charge in [0.05, 0.1) is 0 Å². The molecule has 3 aliphatic rings. The maximum atomic E-state index is 5.93. The minimum absolute atomic E-state index is 0.787. The van der Waals surface area contributed by atoms with Crippen LogP contribution < -0.4 is 5.73 Å². The van der Waals surface area contributed by atoms with Crippen molar-refractivity contribution >= 4 is 0 Å². The van der Waals surface area contributed by atoms with E-state index in [-0.39, 0.29) is 0 Å². The van der Waals surface area contributed by atoms with Crippen LogP contribution in [0.4, 0.5) is 0 Å². The molecule has 1 saturated carbocycles. The molecule has 0 bridgehead atoms. The molecule has 2 aliphatic heterocycles. The minimum Gasteiger partial charge on any atom is -0.330 e. The lowest BCUT2D eigenvalue weighted by atomic mass is 9.93. The first-order valence-electron chi connectivity index (χ1n) is 8.53. The quantitative estimate of drug-likeness (QED) is 0.843. The fourth-order valence-electron chi connectivity index (χ4n) is 4.57. The topological polar surface area (TPSA) is 32.5 Å². The van der Waals surface area contributed by atoms with Crippen LogP contribution in [-0.4, -0.2) is 55.1 Å². The molecule has 0 amide bonds. The zero-order valence-corrected chi connectivity index (χ0v) is 12.4. The first kappa shape index (κ1) is 13.8. The minimum atomic E-state index is 0.787. The summed E-state index contributed by atoms with van der Waals surface area (Å²) in [5.41, 5.74) is 5.93. The van der Waals surface area contributed by atoms with Gasteiger partial charge >= 0.3 is 0 Å². The molecule has 0 aromatic heterocycles. The molecular weight excluding hydrogens is 234 g/mol. The highest BCUT2D eigenvalue weighted by Crippen LogP contribution is 2.32. The van der Waals surface area contributed by atoms with Crippen molar-refractivity contribution in [1.82, 2.24) is 9.80 Å². The zero-order chi connectivity index (χ0) is 13.1. The highest BCUT2D eigenvalue weighted by atomic mass is 15.2. The van der Waals surface area contributed by atoms with Crippen molar-refractivity contribution in [3.63, 3.8) is 0 Å². The predicted octanol–water partition coefficient (Wildman–Crippen LogP) is 1.92. The van der Waals surface area contributed by atoms with Crippen LogP contribution in [0.3, 0.4) is 0 Å². The Kier molecular flexibility index (Phi) is 4.78. The molecule has 19 heavy (non-hydrogen) atoms. The van der Waals surface area contributed by atoms with E-state index in [2.05, 4.69) is 9.80 Å². The summed E-state index contributed by atoms with van der Waals surface area (Å²) in [6, 6.07) is 0.817. The van der Waals surface area contributed by atoms with Gasteiger partial charge in [-0.15, -0.1) is 0 Å².